The molecule has 0 spiro atoms. The fraction of sp³-hybridized carbons (Fsp3) is 0. The standard InChI is InChI=1S/C21H14Cl2N4O4S/c22-18-13-25-27(21(28)20(18)23)15-7-9-17(10-8-15)32(29,30)26-14-6-11-19(24-12-14)31-16-4-2-1-3-5-16/h1-13,26H. The third kappa shape index (κ3) is 4.75. The summed E-state index contributed by atoms with van der Waals surface area (Å²) >= 11 is 11.6. The molecule has 0 unspecified atom stereocenters. The van der Waals surface area contributed by atoms with Crippen molar-refractivity contribution in [3.8, 4) is 17.3 Å². The van der Waals surface area contributed by atoms with Crippen molar-refractivity contribution in [3.05, 3.63) is 99.5 Å². The lowest BCUT2D eigenvalue weighted by atomic mass is 10.3. The molecule has 4 aromatic rings. The number of ether oxygens (including phenoxy) is 1. The maximum atomic E-state index is 12.7. The molecule has 0 aliphatic carbocycles. The Hall–Kier alpha value is -3.40. The van der Waals surface area contributed by atoms with Crippen LogP contribution in [0, 0.1) is 0 Å². The number of halogens is 2. The normalized spacial score (nSPS) is 11.2. The summed E-state index contributed by atoms with van der Waals surface area (Å²) in [6.07, 6.45) is 2.58. The minimum atomic E-state index is -3.89. The molecule has 0 saturated carbocycles. The molecule has 2 aromatic heterocycles. The van der Waals surface area contributed by atoms with Gasteiger partial charge in [-0.3, -0.25) is 9.52 Å². The number of nitrogens with one attached hydrogen (secondary N) is 1. The number of rotatable bonds is 6. The van der Waals surface area contributed by atoms with Crippen LogP contribution in [0.5, 0.6) is 11.6 Å². The van der Waals surface area contributed by atoms with Crippen LogP contribution in [0.4, 0.5) is 5.69 Å². The maximum absolute atomic E-state index is 12.7. The molecule has 8 nitrogen and oxygen atoms in total. The summed E-state index contributed by atoms with van der Waals surface area (Å²) in [6, 6.07) is 17.7. The third-order valence-electron chi connectivity index (χ3n) is 4.22. The van der Waals surface area contributed by atoms with Crippen LogP contribution >= 0.6 is 23.2 Å². The zero-order valence-corrected chi connectivity index (χ0v) is 18.5. The van der Waals surface area contributed by atoms with Crippen molar-refractivity contribution in [3.63, 3.8) is 0 Å². The van der Waals surface area contributed by atoms with Crippen molar-refractivity contribution >= 4 is 38.9 Å². The highest BCUT2D eigenvalue weighted by Gasteiger charge is 2.16. The van der Waals surface area contributed by atoms with Gasteiger partial charge in [-0.25, -0.2) is 13.4 Å². The van der Waals surface area contributed by atoms with Crippen LogP contribution < -0.4 is 15.0 Å². The second-order valence-electron chi connectivity index (χ2n) is 6.42. The summed E-state index contributed by atoms with van der Waals surface area (Å²) in [5.41, 5.74) is -0.0229. The Balaban J connectivity index is 1.50. The van der Waals surface area contributed by atoms with Gasteiger partial charge < -0.3 is 4.74 Å². The fourth-order valence-electron chi connectivity index (χ4n) is 2.69. The van der Waals surface area contributed by atoms with Crippen molar-refractivity contribution < 1.29 is 13.2 Å². The SMILES string of the molecule is O=c1c(Cl)c(Cl)cnn1-c1ccc(S(=O)(=O)Nc2ccc(Oc3ccccc3)nc2)cc1. The van der Waals surface area contributed by atoms with Crippen LogP contribution in [-0.2, 0) is 10.0 Å². The highest BCUT2D eigenvalue weighted by molar-refractivity contribution is 7.92. The van der Waals surface area contributed by atoms with E-state index in [0.717, 1.165) is 4.68 Å². The summed E-state index contributed by atoms with van der Waals surface area (Å²) in [5, 5.41) is 3.77. The molecule has 32 heavy (non-hydrogen) atoms. The van der Waals surface area contributed by atoms with Crippen LogP contribution in [0.2, 0.25) is 10.0 Å². The first-order valence-electron chi connectivity index (χ1n) is 9.09. The van der Waals surface area contributed by atoms with E-state index in [1.165, 1.54) is 42.7 Å². The van der Waals surface area contributed by atoms with Gasteiger partial charge in [-0.1, -0.05) is 41.4 Å². The Labute approximate surface area is 193 Å². The summed E-state index contributed by atoms with van der Waals surface area (Å²) in [6.45, 7) is 0. The summed E-state index contributed by atoms with van der Waals surface area (Å²) in [5.74, 6) is 0.937. The first kappa shape index (κ1) is 21.8. The van der Waals surface area contributed by atoms with E-state index in [2.05, 4.69) is 14.8 Å². The van der Waals surface area contributed by atoms with Gasteiger partial charge in [-0.05, 0) is 42.5 Å². The molecule has 11 heteroatoms. The van der Waals surface area contributed by atoms with E-state index in [0.29, 0.717) is 17.3 Å². The van der Waals surface area contributed by atoms with Gasteiger partial charge in [-0.15, -0.1) is 0 Å². The first-order chi connectivity index (χ1) is 15.3. The van der Waals surface area contributed by atoms with Crippen molar-refractivity contribution in [1.29, 1.82) is 0 Å². The molecule has 0 amide bonds. The monoisotopic (exact) mass is 488 g/mol. The molecule has 0 atom stereocenters. The van der Waals surface area contributed by atoms with E-state index >= 15 is 0 Å². The predicted octanol–water partition coefficient (Wildman–Crippen LogP) is 4.53. The highest BCUT2D eigenvalue weighted by Crippen LogP contribution is 2.22. The lowest BCUT2D eigenvalue weighted by molar-refractivity contribution is 0.463. The minimum Gasteiger partial charge on any atom is -0.439 e. The zero-order valence-electron chi connectivity index (χ0n) is 16.1. The number of pyridine rings is 1. The zero-order chi connectivity index (χ0) is 22.7. The molecule has 0 radical (unpaired) electrons. The van der Waals surface area contributed by atoms with Gasteiger partial charge in [0.05, 0.1) is 33.7 Å². The maximum Gasteiger partial charge on any atom is 0.291 e. The molecular formula is C21H14Cl2N4O4S. The van der Waals surface area contributed by atoms with Gasteiger partial charge in [0, 0.05) is 6.07 Å². The Morgan fingerprint density at radius 2 is 1.62 bits per heavy atom. The quantitative estimate of drug-likeness (QED) is 0.427. The summed E-state index contributed by atoms with van der Waals surface area (Å²) in [4.78, 5) is 16.3. The molecule has 2 aromatic carbocycles. The Morgan fingerprint density at radius 1 is 0.906 bits per heavy atom. The Kier molecular flexibility index (Phi) is 6.13. The molecule has 0 saturated heterocycles. The molecule has 4 rings (SSSR count). The van der Waals surface area contributed by atoms with Crippen LogP contribution in [0.25, 0.3) is 5.69 Å². The molecule has 0 aliphatic heterocycles. The van der Waals surface area contributed by atoms with Crippen LogP contribution in [-0.4, -0.2) is 23.2 Å². The van der Waals surface area contributed by atoms with E-state index < -0.39 is 15.6 Å². The fourth-order valence-corrected chi connectivity index (χ4v) is 3.98. The molecule has 162 valence electrons. The van der Waals surface area contributed by atoms with E-state index in [9.17, 15) is 13.2 Å². The summed E-state index contributed by atoms with van der Waals surface area (Å²) < 4.78 is 34.5. The number of aromatic nitrogens is 3. The van der Waals surface area contributed by atoms with Gasteiger partial charge >= 0.3 is 0 Å². The number of benzene rings is 2. The molecule has 1 N–H and O–H groups in total. The van der Waals surface area contributed by atoms with E-state index in [1.54, 1.807) is 18.2 Å². The van der Waals surface area contributed by atoms with Crippen LogP contribution in [0.3, 0.4) is 0 Å². The van der Waals surface area contributed by atoms with Gasteiger partial charge in [0.2, 0.25) is 5.88 Å². The smallest absolute Gasteiger partial charge is 0.291 e. The van der Waals surface area contributed by atoms with E-state index in [1.807, 2.05) is 18.2 Å². The van der Waals surface area contributed by atoms with Crippen molar-refractivity contribution in [2.45, 2.75) is 4.90 Å². The van der Waals surface area contributed by atoms with Gasteiger partial charge in [-0.2, -0.15) is 9.78 Å². The van der Waals surface area contributed by atoms with Gasteiger partial charge in [0.15, 0.2) is 0 Å². The molecule has 0 bridgehead atoms. The summed E-state index contributed by atoms with van der Waals surface area (Å²) in [7, 11) is -3.89. The molecular weight excluding hydrogens is 475 g/mol. The average Bonchev–Trinajstić information content (AvgIpc) is 2.80. The lowest BCUT2D eigenvalue weighted by Crippen LogP contribution is -2.21. The number of hydrogen-bond acceptors (Lipinski definition) is 6. The predicted molar refractivity (Wildman–Crippen MR) is 121 cm³/mol. The molecule has 0 fully saturated rings. The number of anilines is 1. The van der Waals surface area contributed by atoms with Gasteiger partial charge in [0.1, 0.15) is 10.8 Å². The van der Waals surface area contributed by atoms with E-state index in [-0.39, 0.29) is 20.6 Å². The number of hydrogen-bond donors (Lipinski definition) is 1. The minimum absolute atomic E-state index is 0.0148. The van der Waals surface area contributed by atoms with Crippen molar-refractivity contribution in [2.75, 3.05) is 4.72 Å². The number of sulfonamides is 1. The Bertz CT molecular complexity index is 1410. The average molecular weight is 489 g/mol. The second-order valence-corrected chi connectivity index (χ2v) is 8.89. The van der Waals surface area contributed by atoms with Crippen molar-refractivity contribution in [2.24, 2.45) is 0 Å². The molecule has 0 aliphatic rings. The molecule has 2 heterocycles. The third-order valence-corrected chi connectivity index (χ3v) is 6.37. The highest BCUT2D eigenvalue weighted by atomic mass is 35.5. The Morgan fingerprint density at radius 3 is 2.28 bits per heavy atom. The topological polar surface area (TPSA) is 103 Å². The largest absolute Gasteiger partial charge is 0.439 e. The van der Waals surface area contributed by atoms with Crippen LogP contribution in [0.1, 0.15) is 0 Å². The van der Waals surface area contributed by atoms with Crippen molar-refractivity contribution in [1.82, 2.24) is 14.8 Å². The first-order valence-corrected chi connectivity index (χ1v) is 11.3. The lowest BCUT2D eigenvalue weighted by Gasteiger charge is -2.10. The van der Waals surface area contributed by atoms with E-state index in [4.69, 9.17) is 27.9 Å². The second kappa shape index (κ2) is 8.99. The number of para-hydroxylation sites is 1. The van der Waals surface area contributed by atoms with Gasteiger partial charge in [0.25, 0.3) is 15.6 Å². The number of nitrogens with zero attached hydrogens (tertiary/aromatic N) is 3. The van der Waals surface area contributed by atoms with Crippen LogP contribution in [0.15, 0.2) is 88.8 Å².